The van der Waals surface area contributed by atoms with E-state index in [0.29, 0.717) is 25.9 Å². The van der Waals surface area contributed by atoms with E-state index < -0.39 is 29.3 Å². The first-order valence-corrected chi connectivity index (χ1v) is 7.62. The van der Waals surface area contributed by atoms with Crippen molar-refractivity contribution in [2.75, 3.05) is 19.6 Å². The summed E-state index contributed by atoms with van der Waals surface area (Å²) in [6.45, 7) is 0.625. The Morgan fingerprint density at radius 1 is 1.21 bits per heavy atom. The number of ketones is 1. The molecule has 0 bridgehead atoms. The molecule has 1 aliphatic heterocycles. The number of urea groups is 1. The van der Waals surface area contributed by atoms with Crippen molar-refractivity contribution in [1.82, 2.24) is 10.2 Å². The molecule has 1 aromatic carbocycles. The number of halogens is 2. The predicted octanol–water partition coefficient (Wildman–Crippen LogP) is 2.04. The summed E-state index contributed by atoms with van der Waals surface area (Å²) in [6, 6.07) is 2.38. The monoisotopic (exact) mass is 340 g/mol. The second-order valence-corrected chi connectivity index (χ2v) is 5.63. The van der Waals surface area contributed by atoms with Crippen LogP contribution in [0.1, 0.15) is 29.6 Å². The number of carbonyl (C=O) groups excluding carboxylic acids is 2. The van der Waals surface area contributed by atoms with E-state index in [1.165, 1.54) is 4.90 Å². The Morgan fingerprint density at radius 3 is 2.50 bits per heavy atom. The molecule has 1 fully saturated rings. The van der Waals surface area contributed by atoms with Crippen molar-refractivity contribution in [2.24, 2.45) is 5.92 Å². The van der Waals surface area contributed by atoms with Crippen LogP contribution in [0.15, 0.2) is 18.2 Å². The highest BCUT2D eigenvalue weighted by molar-refractivity contribution is 5.98. The molecule has 130 valence electrons. The van der Waals surface area contributed by atoms with Gasteiger partial charge in [-0.2, -0.15) is 0 Å². The van der Waals surface area contributed by atoms with E-state index in [1.54, 1.807) is 0 Å². The molecular formula is C16H18F2N2O4. The van der Waals surface area contributed by atoms with Gasteiger partial charge >= 0.3 is 12.0 Å². The lowest BCUT2D eigenvalue weighted by Gasteiger charge is -2.31. The Labute approximate surface area is 137 Å². The topological polar surface area (TPSA) is 86.7 Å². The average Bonchev–Trinajstić information content (AvgIpc) is 2.56. The number of piperidine rings is 1. The number of likely N-dealkylation sites (tertiary alicyclic amines) is 1. The molecule has 8 heteroatoms. The number of nitrogens with zero attached hydrogens (tertiary/aromatic N) is 1. The molecule has 1 aromatic rings. The standard InChI is InChI=1S/C16H18F2N2O4/c17-11-1-2-13(18)12(9-11)15(23)10-4-7-20(8-5-10)16(24)19-6-3-14(21)22/h1-2,9-10H,3-8H2,(H,19,24)(H,21,22). The summed E-state index contributed by atoms with van der Waals surface area (Å²) in [5, 5.41) is 11.0. The lowest BCUT2D eigenvalue weighted by molar-refractivity contribution is -0.136. The molecule has 24 heavy (non-hydrogen) atoms. The molecule has 1 saturated heterocycles. The van der Waals surface area contributed by atoms with Crippen LogP contribution in [0.4, 0.5) is 13.6 Å². The molecule has 0 saturated carbocycles. The third-order valence-corrected chi connectivity index (χ3v) is 3.96. The van der Waals surface area contributed by atoms with Crippen molar-refractivity contribution in [3.05, 3.63) is 35.4 Å². The van der Waals surface area contributed by atoms with Crippen LogP contribution in [0, 0.1) is 17.6 Å². The highest BCUT2D eigenvalue weighted by Crippen LogP contribution is 2.23. The smallest absolute Gasteiger partial charge is 0.317 e. The van der Waals surface area contributed by atoms with Crippen molar-refractivity contribution in [2.45, 2.75) is 19.3 Å². The van der Waals surface area contributed by atoms with Crippen molar-refractivity contribution >= 4 is 17.8 Å². The van der Waals surface area contributed by atoms with Crippen LogP contribution >= 0.6 is 0 Å². The summed E-state index contributed by atoms with van der Waals surface area (Å²) >= 11 is 0. The summed E-state index contributed by atoms with van der Waals surface area (Å²) in [5.41, 5.74) is -0.264. The maximum Gasteiger partial charge on any atom is 0.317 e. The van der Waals surface area contributed by atoms with E-state index >= 15 is 0 Å². The van der Waals surface area contributed by atoms with E-state index in [9.17, 15) is 23.2 Å². The molecule has 6 nitrogen and oxygen atoms in total. The number of hydrogen-bond acceptors (Lipinski definition) is 3. The van der Waals surface area contributed by atoms with E-state index in [2.05, 4.69) is 5.32 Å². The normalized spacial score (nSPS) is 15.2. The third kappa shape index (κ3) is 4.50. The predicted molar refractivity (Wildman–Crippen MR) is 80.6 cm³/mol. The summed E-state index contributed by atoms with van der Waals surface area (Å²) < 4.78 is 26.9. The minimum Gasteiger partial charge on any atom is -0.481 e. The van der Waals surface area contributed by atoms with Gasteiger partial charge in [-0.05, 0) is 31.0 Å². The number of rotatable bonds is 5. The van der Waals surface area contributed by atoms with E-state index in [1.807, 2.05) is 0 Å². The van der Waals surface area contributed by atoms with Crippen LogP contribution in [-0.2, 0) is 4.79 Å². The van der Waals surface area contributed by atoms with Gasteiger partial charge in [-0.3, -0.25) is 9.59 Å². The van der Waals surface area contributed by atoms with Crippen LogP contribution in [-0.4, -0.2) is 47.4 Å². The molecule has 1 heterocycles. The molecule has 2 rings (SSSR count). The maximum atomic E-state index is 13.7. The van der Waals surface area contributed by atoms with E-state index in [0.717, 1.165) is 18.2 Å². The second kappa shape index (κ2) is 7.85. The molecule has 0 aliphatic carbocycles. The largest absolute Gasteiger partial charge is 0.481 e. The number of carbonyl (C=O) groups is 3. The number of hydrogen-bond donors (Lipinski definition) is 2. The fourth-order valence-electron chi connectivity index (χ4n) is 2.64. The van der Waals surface area contributed by atoms with Gasteiger partial charge in [0, 0.05) is 25.6 Å². The Bertz CT molecular complexity index is 643. The Balaban J connectivity index is 1.88. The van der Waals surface area contributed by atoms with Crippen LogP contribution in [0.3, 0.4) is 0 Å². The SMILES string of the molecule is O=C(O)CCNC(=O)N1CCC(C(=O)c2cc(F)ccc2F)CC1. The average molecular weight is 340 g/mol. The van der Waals surface area contributed by atoms with Gasteiger partial charge in [0.25, 0.3) is 0 Å². The number of amides is 2. The fraction of sp³-hybridized carbons (Fsp3) is 0.438. The first-order valence-electron chi connectivity index (χ1n) is 7.62. The van der Waals surface area contributed by atoms with Gasteiger partial charge in [0.1, 0.15) is 11.6 Å². The Hall–Kier alpha value is -2.51. The zero-order valence-electron chi connectivity index (χ0n) is 12.9. The van der Waals surface area contributed by atoms with Crippen molar-refractivity contribution in [3.63, 3.8) is 0 Å². The highest BCUT2D eigenvalue weighted by atomic mass is 19.1. The van der Waals surface area contributed by atoms with Gasteiger partial charge in [-0.25, -0.2) is 13.6 Å². The Morgan fingerprint density at radius 2 is 1.88 bits per heavy atom. The van der Waals surface area contributed by atoms with Crippen LogP contribution in [0.25, 0.3) is 0 Å². The van der Waals surface area contributed by atoms with Gasteiger partial charge in [0.05, 0.1) is 12.0 Å². The van der Waals surface area contributed by atoms with Crippen molar-refractivity contribution < 1.29 is 28.3 Å². The summed E-state index contributed by atoms with van der Waals surface area (Å²) in [7, 11) is 0. The van der Waals surface area contributed by atoms with E-state index in [4.69, 9.17) is 5.11 Å². The molecule has 0 aromatic heterocycles. The van der Waals surface area contributed by atoms with Gasteiger partial charge in [-0.15, -0.1) is 0 Å². The number of aliphatic carboxylic acids is 1. The van der Waals surface area contributed by atoms with Crippen molar-refractivity contribution in [3.8, 4) is 0 Å². The van der Waals surface area contributed by atoms with Crippen LogP contribution in [0.5, 0.6) is 0 Å². The number of nitrogens with one attached hydrogen (secondary N) is 1. The molecule has 0 spiro atoms. The van der Waals surface area contributed by atoms with Gasteiger partial charge < -0.3 is 15.3 Å². The molecule has 0 atom stereocenters. The molecular weight excluding hydrogens is 322 g/mol. The van der Waals surface area contributed by atoms with Crippen LogP contribution in [0.2, 0.25) is 0 Å². The lowest BCUT2D eigenvalue weighted by atomic mass is 9.88. The van der Waals surface area contributed by atoms with Gasteiger partial charge in [-0.1, -0.05) is 0 Å². The molecule has 0 unspecified atom stereocenters. The minimum absolute atomic E-state index is 0.0293. The number of Topliss-reactive ketones (excluding diaryl/α,β-unsaturated/α-hetero) is 1. The molecule has 2 amide bonds. The first-order chi connectivity index (χ1) is 11.4. The summed E-state index contributed by atoms with van der Waals surface area (Å²) in [6.07, 6.45) is 0.530. The lowest BCUT2D eigenvalue weighted by Crippen LogP contribution is -2.46. The highest BCUT2D eigenvalue weighted by Gasteiger charge is 2.29. The fourth-order valence-corrected chi connectivity index (χ4v) is 2.64. The first kappa shape index (κ1) is 17.8. The number of benzene rings is 1. The second-order valence-electron chi connectivity index (χ2n) is 5.63. The van der Waals surface area contributed by atoms with Crippen LogP contribution < -0.4 is 5.32 Å². The zero-order chi connectivity index (χ0) is 17.7. The third-order valence-electron chi connectivity index (χ3n) is 3.96. The van der Waals surface area contributed by atoms with Gasteiger partial charge in [0.15, 0.2) is 5.78 Å². The number of carboxylic acid groups (broad SMARTS) is 1. The van der Waals surface area contributed by atoms with Crippen molar-refractivity contribution in [1.29, 1.82) is 0 Å². The molecule has 1 aliphatic rings. The maximum absolute atomic E-state index is 13.7. The quantitative estimate of drug-likeness (QED) is 0.803. The number of carboxylic acids is 1. The van der Waals surface area contributed by atoms with Gasteiger partial charge in [0.2, 0.25) is 0 Å². The summed E-state index contributed by atoms with van der Waals surface area (Å²) in [4.78, 5) is 36.0. The zero-order valence-corrected chi connectivity index (χ0v) is 12.9. The minimum atomic E-state index is -1.00. The summed E-state index contributed by atoms with van der Waals surface area (Å²) in [5.74, 6) is -3.36. The molecule has 2 N–H and O–H groups in total. The Kier molecular flexibility index (Phi) is 5.83. The van der Waals surface area contributed by atoms with E-state index in [-0.39, 0.29) is 24.6 Å². The molecule has 0 radical (unpaired) electrons.